The number of carbonyl (C=O) groups is 1. The highest BCUT2D eigenvalue weighted by molar-refractivity contribution is 5.77. The molecule has 1 N–H and O–H groups in total. The van der Waals surface area contributed by atoms with Gasteiger partial charge in [0.15, 0.2) is 0 Å². The van der Waals surface area contributed by atoms with Gasteiger partial charge in [-0.3, -0.25) is 4.79 Å². The van der Waals surface area contributed by atoms with Crippen molar-refractivity contribution < 1.29 is 9.53 Å². The Bertz CT molecular complexity index is 465. The van der Waals surface area contributed by atoms with Crippen LogP contribution in [0, 0.1) is 0 Å². The molecule has 1 aromatic heterocycles. The molecule has 1 aromatic carbocycles. The minimum absolute atomic E-state index is 0.252. The van der Waals surface area contributed by atoms with Crippen LogP contribution < -0.4 is 0 Å². The fraction of sp³-hybridized carbons (Fsp3) is 0.231. The van der Waals surface area contributed by atoms with E-state index in [1.807, 2.05) is 30.3 Å². The van der Waals surface area contributed by atoms with Crippen molar-refractivity contribution in [2.75, 3.05) is 7.11 Å². The SMILES string of the molecule is COC(=O)C(Cc1ccccc1)c1cnc[nH]1. The van der Waals surface area contributed by atoms with E-state index in [0.29, 0.717) is 6.42 Å². The van der Waals surface area contributed by atoms with Gasteiger partial charge >= 0.3 is 5.97 Å². The van der Waals surface area contributed by atoms with Gasteiger partial charge in [-0.2, -0.15) is 0 Å². The van der Waals surface area contributed by atoms with Gasteiger partial charge in [0.05, 0.1) is 13.4 Å². The van der Waals surface area contributed by atoms with Crippen LogP contribution in [0.25, 0.3) is 0 Å². The number of aromatic amines is 1. The average molecular weight is 230 g/mol. The first-order valence-electron chi connectivity index (χ1n) is 5.41. The molecule has 0 saturated carbocycles. The quantitative estimate of drug-likeness (QED) is 0.816. The first kappa shape index (κ1) is 11.4. The molecule has 0 aliphatic carbocycles. The lowest BCUT2D eigenvalue weighted by atomic mass is 9.97. The van der Waals surface area contributed by atoms with Gasteiger partial charge in [-0.1, -0.05) is 30.3 Å². The second-order valence-electron chi connectivity index (χ2n) is 3.77. The molecule has 0 fully saturated rings. The second kappa shape index (κ2) is 5.30. The molecule has 0 spiro atoms. The van der Waals surface area contributed by atoms with Crippen LogP contribution in [-0.4, -0.2) is 23.0 Å². The molecule has 88 valence electrons. The molecule has 2 rings (SSSR count). The van der Waals surface area contributed by atoms with E-state index in [2.05, 4.69) is 9.97 Å². The number of nitrogens with one attached hydrogen (secondary N) is 1. The number of methoxy groups -OCH3 is 1. The van der Waals surface area contributed by atoms with E-state index < -0.39 is 0 Å². The number of esters is 1. The molecule has 2 aromatic rings. The zero-order valence-electron chi connectivity index (χ0n) is 9.59. The molecule has 17 heavy (non-hydrogen) atoms. The van der Waals surface area contributed by atoms with Gasteiger partial charge in [-0.15, -0.1) is 0 Å². The summed E-state index contributed by atoms with van der Waals surface area (Å²) < 4.78 is 4.82. The Kier molecular flexibility index (Phi) is 3.55. The van der Waals surface area contributed by atoms with Gasteiger partial charge in [0, 0.05) is 11.9 Å². The van der Waals surface area contributed by atoms with Gasteiger partial charge in [0.25, 0.3) is 0 Å². The third kappa shape index (κ3) is 2.72. The molecule has 0 aliphatic heterocycles. The number of nitrogens with zero attached hydrogens (tertiary/aromatic N) is 1. The monoisotopic (exact) mass is 230 g/mol. The number of carbonyl (C=O) groups excluding carboxylic acids is 1. The van der Waals surface area contributed by atoms with E-state index in [1.54, 1.807) is 12.5 Å². The number of hydrogen-bond donors (Lipinski definition) is 1. The largest absolute Gasteiger partial charge is 0.468 e. The minimum Gasteiger partial charge on any atom is -0.468 e. The van der Waals surface area contributed by atoms with Crippen LogP contribution in [0.3, 0.4) is 0 Å². The van der Waals surface area contributed by atoms with E-state index in [4.69, 9.17) is 4.74 Å². The van der Waals surface area contributed by atoms with Crippen molar-refractivity contribution in [3.05, 3.63) is 54.1 Å². The zero-order valence-corrected chi connectivity index (χ0v) is 9.59. The number of aromatic nitrogens is 2. The first-order valence-corrected chi connectivity index (χ1v) is 5.41. The Morgan fingerprint density at radius 1 is 1.41 bits per heavy atom. The lowest BCUT2D eigenvalue weighted by molar-refractivity contribution is -0.142. The van der Waals surface area contributed by atoms with E-state index in [1.165, 1.54) is 7.11 Å². The molecule has 0 amide bonds. The molecule has 4 heteroatoms. The van der Waals surface area contributed by atoms with E-state index >= 15 is 0 Å². The fourth-order valence-electron chi connectivity index (χ4n) is 1.77. The maximum Gasteiger partial charge on any atom is 0.315 e. The summed E-state index contributed by atoms with van der Waals surface area (Å²) in [5.41, 5.74) is 1.87. The van der Waals surface area contributed by atoms with Gasteiger partial charge in [-0.25, -0.2) is 4.98 Å². The molecule has 0 saturated heterocycles. The summed E-state index contributed by atoms with van der Waals surface area (Å²) in [5, 5.41) is 0. The number of ether oxygens (including phenoxy) is 1. The molecular weight excluding hydrogens is 216 g/mol. The molecule has 1 atom stereocenters. The third-order valence-electron chi connectivity index (χ3n) is 2.66. The smallest absolute Gasteiger partial charge is 0.315 e. The molecule has 1 unspecified atom stereocenters. The number of H-pyrrole nitrogens is 1. The highest BCUT2D eigenvalue weighted by Gasteiger charge is 2.22. The normalized spacial score (nSPS) is 12.1. The third-order valence-corrected chi connectivity index (χ3v) is 2.66. The Morgan fingerprint density at radius 3 is 2.76 bits per heavy atom. The van der Waals surface area contributed by atoms with Gasteiger partial charge < -0.3 is 9.72 Å². The summed E-state index contributed by atoms with van der Waals surface area (Å²) in [7, 11) is 1.40. The Labute approximate surface area is 99.7 Å². The van der Waals surface area contributed by atoms with Crippen molar-refractivity contribution in [2.24, 2.45) is 0 Å². The van der Waals surface area contributed by atoms with Crippen molar-refractivity contribution in [1.29, 1.82) is 0 Å². The van der Waals surface area contributed by atoms with Gasteiger partial charge in [0.2, 0.25) is 0 Å². The summed E-state index contributed by atoms with van der Waals surface area (Å²) in [4.78, 5) is 18.6. The molecule has 0 bridgehead atoms. The van der Waals surface area contributed by atoms with E-state index in [9.17, 15) is 4.79 Å². The van der Waals surface area contributed by atoms with Crippen LogP contribution in [0.5, 0.6) is 0 Å². The maximum absolute atomic E-state index is 11.7. The Morgan fingerprint density at radius 2 is 2.18 bits per heavy atom. The molecule has 0 radical (unpaired) electrons. The van der Waals surface area contributed by atoms with Crippen molar-refractivity contribution in [1.82, 2.24) is 9.97 Å². The van der Waals surface area contributed by atoms with Crippen LogP contribution in [-0.2, 0) is 16.0 Å². The molecular formula is C13H14N2O2. The highest BCUT2D eigenvalue weighted by Crippen LogP contribution is 2.20. The van der Waals surface area contributed by atoms with Crippen LogP contribution in [0.15, 0.2) is 42.9 Å². The Hall–Kier alpha value is -2.10. The summed E-state index contributed by atoms with van der Waals surface area (Å²) in [6.45, 7) is 0. The van der Waals surface area contributed by atoms with Crippen LogP contribution in [0.1, 0.15) is 17.2 Å². The Balaban J connectivity index is 2.20. The molecule has 4 nitrogen and oxygen atoms in total. The number of imidazole rings is 1. The number of benzene rings is 1. The highest BCUT2D eigenvalue weighted by atomic mass is 16.5. The second-order valence-corrected chi connectivity index (χ2v) is 3.77. The van der Waals surface area contributed by atoms with Crippen molar-refractivity contribution in [2.45, 2.75) is 12.3 Å². The maximum atomic E-state index is 11.7. The minimum atomic E-state index is -0.329. The first-order chi connectivity index (χ1) is 8.31. The van der Waals surface area contributed by atoms with Crippen molar-refractivity contribution in [3.63, 3.8) is 0 Å². The number of hydrogen-bond acceptors (Lipinski definition) is 3. The van der Waals surface area contributed by atoms with Gasteiger partial charge in [0.1, 0.15) is 5.92 Å². The van der Waals surface area contributed by atoms with Crippen molar-refractivity contribution >= 4 is 5.97 Å². The lowest BCUT2D eigenvalue weighted by Crippen LogP contribution is -2.17. The predicted molar refractivity (Wildman–Crippen MR) is 63.5 cm³/mol. The molecule has 0 aliphatic rings. The van der Waals surface area contributed by atoms with Gasteiger partial charge in [-0.05, 0) is 12.0 Å². The zero-order chi connectivity index (χ0) is 12.1. The summed E-state index contributed by atoms with van der Waals surface area (Å²) in [5.74, 6) is -0.581. The van der Waals surface area contributed by atoms with E-state index in [-0.39, 0.29) is 11.9 Å². The van der Waals surface area contributed by atoms with Crippen LogP contribution >= 0.6 is 0 Å². The van der Waals surface area contributed by atoms with E-state index in [0.717, 1.165) is 11.3 Å². The predicted octanol–water partition coefficient (Wildman–Crippen LogP) is 1.91. The summed E-state index contributed by atoms with van der Waals surface area (Å²) in [6, 6.07) is 9.85. The number of rotatable bonds is 4. The molecule has 1 heterocycles. The fourth-order valence-corrected chi connectivity index (χ4v) is 1.77. The standard InChI is InChI=1S/C13H14N2O2/c1-17-13(16)11(12-8-14-9-15-12)7-10-5-3-2-4-6-10/h2-6,8-9,11H,7H2,1H3,(H,14,15). The van der Waals surface area contributed by atoms with Crippen LogP contribution in [0.4, 0.5) is 0 Å². The summed E-state index contributed by atoms with van der Waals surface area (Å²) in [6.07, 6.45) is 3.83. The topological polar surface area (TPSA) is 55.0 Å². The summed E-state index contributed by atoms with van der Waals surface area (Å²) >= 11 is 0. The van der Waals surface area contributed by atoms with Crippen LogP contribution in [0.2, 0.25) is 0 Å². The average Bonchev–Trinajstić information content (AvgIpc) is 2.90. The van der Waals surface area contributed by atoms with Crippen molar-refractivity contribution in [3.8, 4) is 0 Å². The lowest BCUT2D eigenvalue weighted by Gasteiger charge is -2.12.